The third kappa shape index (κ3) is 14.6. The number of rotatable bonds is 12. The van der Waals surface area contributed by atoms with Crippen molar-refractivity contribution in [1.82, 2.24) is 0 Å². The van der Waals surface area contributed by atoms with E-state index in [0.717, 1.165) is 19.3 Å². The maximum absolute atomic E-state index is 10.7. The number of carbonyl (C=O) groups excluding carboxylic acids is 1. The predicted octanol–water partition coefficient (Wildman–Crippen LogP) is 4.97. The summed E-state index contributed by atoms with van der Waals surface area (Å²) in [5, 5.41) is 0. The first-order valence-electron chi connectivity index (χ1n) is 7.40. The van der Waals surface area contributed by atoms with Gasteiger partial charge in [0.05, 0.1) is 6.61 Å². The Morgan fingerprint density at radius 1 is 0.947 bits per heavy atom. The molecule has 108 valence electrons. The number of hydrogen-bond donors (Lipinski definition) is 0. The van der Waals surface area contributed by atoms with E-state index in [1.54, 1.807) is 0 Å². The van der Waals surface area contributed by atoms with Gasteiger partial charge in [0.2, 0.25) is 0 Å². The van der Waals surface area contributed by atoms with Crippen LogP contribution in [0.4, 0.5) is 0 Å². The summed E-state index contributed by atoms with van der Waals surface area (Å²) in [7, 11) is 0. The number of carbonyl (C=O) groups is 1. The lowest BCUT2D eigenvalue weighted by Crippen LogP contribution is -2.00. The summed E-state index contributed by atoms with van der Waals surface area (Å²) in [5.41, 5.74) is 0. The van der Waals surface area contributed by atoms with Crippen molar-refractivity contribution in [3.63, 3.8) is 0 Å². The average molecular weight is 264 g/mol. The molecule has 0 aromatic carbocycles. The van der Waals surface area contributed by atoms with Gasteiger partial charge in [0.25, 0.3) is 0 Å². The normalized spacial score (nSPS) is 11.2. The molecule has 0 saturated heterocycles. The minimum Gasteiger partial charge on any atom is -0.462 e. The van der Waals surface area contributed by atoms with E-state index >= 15 is 0 Å². The summed E-state index contributed by atoms with van der Waals surface area (Å²) in [6.45, 7) is 6.02. The molecule has 0 aliphatic carbocycles. The molecule has 0 aliphatic heterocycles. The van der Waals surface area contributed by atoms with E-state index in [2.05, 4.69) is 37.8 Å². The Balaban J connectivity index is 3.25. The Bertz CT molecular complexity index is 277. The lowest BCUT2D eigenvalue weighted by Gasteiger charge is -1.97. The molecule has 0 N–H and O–H groups in total. The third-order valence-corrected chi connectivity index (χ3v) is 2.74. The molecule has 0 atom stereocenters. The zero-order valence-corrected chi connectivity index (χ0v) is 12.3. The van der Waals surface area contributed by atoms with E-state index in [9.17, 15) is 4.79 Å². The SMILES string of the molecule is C=CC(=O)OCCC=CCCCC=CCCCCC. The molecule has 0 aliphatic rings. The fourth-order valence-corrected chi connectivity index (χ4v) is 1.62. The van der Waals surface area contributed by atoms with Crippen LogP contribution in [0.25, 0.3) is 0 Å². The standard InChI is InChI=1S/C17H28O2/c1-3-5-6-7-8-9-10-11-12-13-14-15-16-19-17(18)4-2/h4,8-9,13-14H,2-3,5-7,10-12,15-16H2,1H3. The molecule has 0 fully saturated rings. The van der Waals surface area contributed by atoms with Crippen LogP contribution in [0.5, 0.6) is 0 Å². The first kappa shape index (κ1) is 17.7. The highest BCUT2D eigenvalue weighted by molar-refractivity contribution is 5.81. The van der Waals surface area contributed by atoms with Crippen LogP contribution in [0.1, 0.15) is 58.3 Å². The number of unbranched alkanes of at least 4 members (excludes halogenated alkanes) is 5. The van der Waals surface area contributed by atoms with E-state index < -0.39 is 0 Å². The van der Waals surface area contributed by atoms with Crippen molar-refractivity contribution in [2.45, 2.75) is 58.3 Å². The van der Waals surface area contributed by atoms with E-state index in [0.29, 0.717) is 6.61 Å². The molecular formula is C17H28O2. The van der Waals surface area contributed by atoms with Crippen molar-refractivity contribution in [3.05, 3.63) is 37.0 Å². The zero-order chi connectivity index (χ0) is 14.2. The van der Waals surface area contributed by atoms with Crippen LogP contribution in [-0.4, -0.2) is 12.6 Å². The Labute approximate surface area is 118 Å². The van der Waals surface area contributed by atoms with Crippen LogP contribution in [-0.2, 0) is 9.53 Å². The molecule has 0 rings (SSSR count). The van der Waals surface area contributed by atoms with Gasteiger partial charge < -0.3 is 4.74 Å². The summed E-state index contributed by atoms with van der Waals surface area (Å²) >= 11 is 0. The molecule has 0 amide bonds. The van der Waals surface area contributed by atoms with Crippen LogP contribution in [0.15, 0.2) is 37.0 Å². The number of hydrogen-bond acceptors (Lipinski definition) is 2. The fourth-order valence-electron chi connectivity index (χ4n) is 1.62. The van der Waals surface area contributed by atoms with Crippen molar-refractivity contribution >= 4 is 5.97 Å². The Morgan fingerprint density at radius 3 is 2.11 bits per heavy atom. The summed E-state index contributed by atoms with van der Waals surface area (Å²) in [5.74, 6) is -0.346. The monoisotopic (exact) mass is 264 g/mol. The average Bonchev–Trinajstić information content (AvgIpc) is 2.43. The highest BCUT2D eigenvalue weighted by Crippen LogP contribution is 2.03. The highest BCUT2D eigenvalue weighted by Gasteiger charge is 1.91. The van der Waals surface area contributed by atoms with Crippen molar-refractivity contribution in [3.8, 4) is 0 Å². The maximum atomic E-state index is 10.7. The smallest absolute Gasteiger partial charge is 0.330 e. The molecular weight excluding hydrogens is 236 g/mol. The second-order valence-electron chi connectivity index (χ2n) is 4.53. The zero-order valence-electron chi connectivity index (χ0n) is 12.3. The van der Waals surface area contributed by atoms with Crippen molar-refractivity contribution in [1.29, 1.82) is 0 Å². The lowest BCUT2D eigenvalue weighted by molar-refractivity contribution is -0.137. The third-order valence-electron chi connectivity index (χ3n) is 2.74. The minimum atomic E-state index is -0.346. The van der Waals surface area contributed by atoms with Crippen molar-refractivity contribution in [2.24, 2.45) is 0 Å². The van der Waals surface area contributed by atoms with Crippen molar-refractivity contribution in [2.75, 3.05) is 6.61 Å². The maximum Gasteiger partial charge on any atom is 0.330 e. The largest absolute Gasteiger partial charge is 0.462 e. The first-order chi connectivity index (χ1) is 9.31. The molecule has 0 radical (unpaired) electrons. The summed E-state index contributed by atoms with van der Waals surface area (Å²) in [6.07, 6.45) is 19.4. The quantitative estimate of drug-likeness (QED) is 0.215. The Morgan fingerprint density at radius 2 is 1.53 bits per heavy atom. The van der Waals surface area contributed by atoms with Crippen LogP contribution in [0.2, 0.25) is 0 Å². The van der Waals surface area contributed by atoms with Gasteiger partial charge >= 0.3 is 5.97 Å². The molecule has 2 nitrogen and oxygen atoms in total. The molecule has 0 saturated carbocycles. The van der Waals surface area contributed by atoms with Gasteiger partial charge in [0.15, 0.2) is 0 Å². The molecule has 0 spiro atoms. The fraction of sp³-hybridized carbons (Fsp3) is 0.588. The van der Waals surface area contributed by atoms with E-state index in [1.165, 1.54) is 38.2 Å². The number of esters is 1. The molecule has 2 heteroatoms. The van der Waals surface area contributed by atoms with Gasteiger partial charge in [-0.1, -0.05) is 50.6 Å². The van der Waals surface area contributed by atoms with Gasteiger partial charge in [-0.25, -0.2) is 4.79 Å². The first-order valence-corrected chi connectivity index (χ1v) is 7.40. The van der Waals surface area contributed by atoms with Gasteiger partial charge in [-0.05, 0) is 38.5 Å². The molecule has 0 aromatic rings. The topological polar surface area (TPSA) is 26.3 Å². The predicted molar refractivity (Wildman–Crippen MR) is 82.0 cm³/mol. The number of ether oxygens (including phenoxy) is 1. The number of allylic oxidation sites excluding steroid dienone is 3. The van der Waals surface area contributed by atoms with Crippen LogP contribution in [0.3, 0.4) is 0 Å². The molecule has 19 heavy (non-hydrogen) atoms. The van der Waals surface area contributed by atoms with E-state index in [4.69, 9.17) is 4.74 Å². The van der Waals surface area contributed by atoms with Crippen LogP contribution >= 0.6 is 0 Å². The summed E-state index contributed by atoms with van der Waals surface area (Å²) < 4.78 is 4.86. The molecule has 0 unspecified atom stereocenters. The van der Waals surface area contributed by atoms with Crippen molar-refractivity contribution < 1.29 is 9.53 Å². The van der Waals surface area contributed by atoms with E-state index in [1.807, 2.05) is 0 Å². The van der Waals surface area contributed by atoms with Gasteiger partial charge in [0.1, 0.15) is 0 Å². The van der Waals surface area contributed by atoms with Crippen LogP contribution < -0.4 is 0 Å². The molecule has 0 heterocycles. The minimum absolute atomic E-state index is 0.346. The molecule has 0 bridgehead atoms. The summed E-state index contributed by atoms with van der Waals surface area (Å²) in [4.78, 5) is 10.7. The van der Waals surface area contributed by atoms with Gasteiger partial charge in [-0.3, -0.25) is 0 Å². The van der Waals surface area contributed by atoms with Crippen LogP contribution in [0, 0.1) is 0 Å². The molecule has 0 aromatic heterocycles. The van der Waals surface area contributed by atoms with Gasteiger partial charge in [-0.15, -0.1) is 0 Å². The van der Waals surface area contributed by atoms with E-state index in [-0.39, 0.29) is 5.97 Å². The Hall–Kier alpha value is -1.31. The summed E-state index contributed by atoms with van der Waals surface area (Å²) in [6, 6.07) is 0. The highest BCUT2D eigenvalue weighted by atomic mass is 16.5. The van der Waals surface area contributed by atoms with Gasteiger partial charge in [-0.2, -0.15) is 0 Å². The second-order valence-corrected chi connectivity index (χ2v) is 4.53. The Kier molecular flexibility index (Phi) is 13.7. The van der Waals surface area contributed by atoms with Gasteiger partial charge in [0, 0.05) is 6.08 Å². The second kappa shape index (κ2) is 14.7. The lowest BCUT2D eigenvalue weighted by atomic mass is 10.1.